The number of hydrogen-bond acceptors (Lipinski definition) is 6. The molecule has 0 aromatic rings. The van der Waals surface area contributed by atoms with Crippen LogP contribution in [0.5, 0.6) is 0 Å². The summed E-state index contributed by atoms with van der Waals surface area (Å²) in [4.78, 5) is 0. The van der Waals surface area contributed by atoms with Gasteiger partial charge in [0.15, 0.2) is 0 Å². The predicted molar refractivity (Wildman–Crippen MR) is 69.4 cm³/mol. The van der Waals surface area contributed by atoms with Crippen LogP contribution in [-0.2, 0) is 28.6 Å². The van der Waals surface area contributed by atoms with Crippen molar-refractivity contribution in [3.63, 3.8) is 0 Å². The Bertz CT molecular complexity index is 475. The van der Waals surface area contributed by atoms with Crippen molar-refractivity contribution in [3.8, 4) is 0 Å². The Kier molecular flexibility index (Phi) is 4.25. The molecular formula is C11H20O6S2. The molecule has 112 valence electrons. The second kappa shape index (κ2) is 5.31. The SMILES string of the molecule is CS(=O)(=O)OC[C@@H]1[C@H]2CC[C@H](C2)[C@@H]1COS(C)(=O)=O. The molecule has 2 aliphatic rings. The Labute approximate surface area is 114 Å². The summed E-state index contributed by atoms with van der Waals surface area (Å²) in [5.41, 5.74) is 0. The second-order valence-electron chi connectivity index (χ2n) is 5.64. The van der Waals surface area contributed by atoms with E-state index in [1.54, 1.807) is 0 Å². The minimum Gasteiger partial charge on any atom is -0.270 e. The molecule has 2 fully saturated rings. The van der Waals surface area contributed by atoms with Gasteiger partial charge in [0.25, 0.3) is 20.2 Å². The van der Waals surface area contributed by atoms with Crippen LogP contribution in [0.3, 0.4) is 0 Å². The zero-order chi connectivity index (χ0) is 14.3. The quantitative estimate of drug-likeness (QED) is 0.668. The Morgan fingerprint density at radius 2 is 1.21 bits per heavy atom. The average molecular weight is 312 g/mol. The first-order chi connectivity index (χ1) is 8.66. The van der Waals surface area contributed by atoms with E-state index in [2.05, 4.69) is 0 Å². The van der Waals surface area contributed by atoms with Crippen LogP contribution in [0.1, 0.15) is 19.3 Å². The van der Waals surface area contributed by atoms with E-state index >= 15 is 0 Å². The molecule has 0 N–H and O–H groups in total. The first-order valence-electron chi connectivity index (χ1n) is 6.34. The molecule has 8 heteroatoms. The standard InChI is InChI=1S/C11H20O6S2/c1-18(12,13)16-6-10-8-3-4-9(5-8)11(10)7-17-19(2,14)15/h8-11H,3-7H2,1-2H3/t8-,9+,10+,11-. The third-order valence-electron chi connectivity index (χ3n) is 4.22. The van der Waals surface area contributed by atoms with Crippen molar-refractivity contribution in [1.82, 2.24) is 0 Å². The molecule has 0 aliphatic heterocycles. The van der Waals surface area contributed by atoms with Crippen molar-refractivity contribution < 1.29 is 25.2 Å². The lowest BCUT2D eigenvalue weighted by Gasteiger charge is -2.29. The molecule has 4 atom stereocenters. The Balaban J connectivity index is 1.99. The van der Waals surface area contributed by atoms with E-state index in [0.717, 1.165) is 31.8 Å². The van der Waals surface area contributed by atoms with E-state index in [0.29, 0.717) is 11.8 Å². The fourth-order valence-electron chi connectivity index (χ4n) is 3.45. The first kappa shape index (κ1) is 15.2. The summed E-state index contributed by atoms with van der Waals surface area (Å²) in [5.74, 6) is 1.02. The predicted octanol–water partition coefficient (Wildman–Crippen LogP) is 0.601. The van der Waals surface area contributed by atoms with Gasteiger partial charge in [-0.15, -0.1) is 0 Å². The molecular weight excluding hydrogens is 292 g/mol. The van der Waals surface area contributed by atoms with Crippen LogP contribution in [0.4, 0.5) is 0 Å². The molecule has 2 saturated carbocycles. The largest absolute Gasteiger partial charge is 0.270 e. The minimum absolute atomic E-state index is 0.0789. The molecule has 2 rings (SSSR count). The summed E-state index contributed by atoms with van der Waals surface area (Å²) in [5, 5.41) is 0. The van der Waals surface area contributed by atoms with Gasteiger partial charge in [0, 0.05) is 0 Å². The smallest absolute Gasteiger partial charge is 0.264 e. The summed E-state index contributed by atoms with van der Waals surface area (Å²) < 4.78 is 54.1. The van der Waals surface area contributed by atoms with Gasteiger partial charge in [0.05, 0.1) is 25.7 Å². The number of hydrogen-bond donors (Lipinski definition) is 0. The van der Waals surface area contributed by atoms with Gasteiger partial charge in [-0.1, -0.05) is 0 Å². The maximum Gasteiger partial charge on any atom is 0.264 e. The number of rotatable bonds is 6. The molecule has 0 unspecified atom stereocenters. The molecule has 0 heterocycles. The second-order valence-corrected chi connectivity index (χ2v) is 8.93. The van der Waals surface area contributed by atoms with Gasteiger partial charge in [-0.3, -0.25) is 8.37 Å². The highest BCUT2D eigenvalue weighted by Gasteiger charge is 2.48. The van der Waals surface area contributed by atoms with Gasteiger partial charge >= 0.3 is 0 Å². The Morgan fingerprint density at radius 3 is 1.53 bits per heavy atom. The van der Waals surface area contributed by atoms with Crippen LogP contribution >= 0.6 is 0 Å². The molecule has 0 radical (unpaired) electrons. The van der Waals surface area contributed by atoms with Crippen LogP contribution in [-0.4, -0.2) is 42.6 Å². The number of fused-ring (bicyclic) bond motifs is 2. The monoisotopic (exact) mass is 312 g/mol. The van der Waals surface area contributed by atoms with Crippen molar-refractivity contribution in [2.75, 3.05) is 25.7 Å². The summed E-state index contributed by atoms with van der Waals surface area (Å²) in [6, 6.07) is 0. The molecule has 2 aliphatic carbocycles. The Morgan fingerprint density at radius 1 is 0.842 bits per heavy atom. The van der Waals surface area contributed by atoms with Gasteiger partial charge in [-0.05, 0) is 42.9 Å². The normalized spacial score (nSPS) is 34.8. The topological polar surface area (TPSA) is 86.7 Å². The van der Waals surface area contributed by atoms with Gasteiger partial charge in [-0.2, -0.15) is 16.8 Å². The summed E-state index contributed by atoms with van der Waals surface area (Å²) in [6.07, 6.45) is 5.22. The van der Waals surface area contributed by atoms with Gasteiger partial charge in [0.2, 0.25) is 0 Å². The molecule has 0 aromatic heterocycles. The summed E-state index contributed by atoms with van der Waals surface area (Å²) in [7, 11) is -6.91. The average Bonchev–Trinajstić information content (AvgIpc) is 2.81. The Hall–Kier alpha value is -0.180. The van der Waals surface area contributed by atoms with Crippen LogP contribution in [0.2, 0.25) is 0 Å². The zero-order valence-corrected chi connectivity index (χ0v) is 12.7. The van der Waals surface area contributed by atoms with Gasteiger partial charge in [-0.25, -0.2) is 0 Å². The van der Waals surface area contributed by atoms with E-state index < -0.39 is 20.2 Å². The third kappa shape index (κ3) is 4.14. The van der Waals surface area contributed by atoms with Crippen molar-refractivity contribution in [2.45, 2.75) is 19.3 Å². The summed E-state index contributed by atoms with van der Waals surface area (Å²) >= 11 is 0. The van der Waals surface area contributed by atoms with E-state index in [4.69, 9.17) is 8.37 Å². The molecule has 2 bridgehead atoms. The lowest BCUT2D eigenvalue weighted by Crippen LogP contribution is -2.31. The highest BCUT2D eigenvalue weighted by atomic mass is 32.2. The van der Waals surface area contributed by atoms with Crippen molar-refractivity contribution in [3.05, 3.63) is 0 Å². The summed E-state index contributed by atoms with van der Waals surface area (Å²) in [6.45, 7) is 0.273. The molecule has 6 nitrogen and oxygen atoms in total. The van der Waals surface area contributed by atoms with Crippen molar-refractivity contribution in [1.29, 1.82) is 0 Å². The first-order valence-corrected chi connectivity index (χ1v) is 9.98. The fraction of sp³-hybridized carbons (Fsp3) is 1.00. The van der Waals surface area contributed by atoms with Gasteiger partial charge < -0.3 is 0 Å². The third-order valence-corrected chi connectivity index (χ3v) is 5.35. The molecule has 0 saturated heterocycles. The minimum atomic E-state index is -3.45. The molecule has 0 aromatic carbocycles. The molecule has 0 spiro atoms. The molecule has 0 amide bonds. The lowest BCUT2D eigenvalue weighted by atomic mass is 9.80. The maximum atomic E-state index is 11.1. The van der Waals surface area contributed by atoms with E-state index in [9.17, 15) is 16.8 Å². The van der Waals surface area contributed by atoms with Crippen LogP contribution in [0.15, 0.2) is 0 Å². The van der Waals surface area contributed by atoms with Gasteiger partial charge in [0.1, 0.15) is 0 Å². The van der Waals surface area contributed by atoms with E-state index in [1.807, 2.05) is 0 Å². The fourth-order valence-corrected chi connectivity index (χ4v) is 4.26. The van der Waals surface area contributed by atoms with Crippen molar-refractivity contribution in [2.24, 2.45) is 23.7 Å². The van der Waals surface area contributed by atoms with Crippen LogP contribution in [0, 0.1) is 23.7 Å². The van der Waals surface area contributed by atoms with Crippen LogP contribution < -0.4 is 0 Å². The van der Waals surface area contributed by atoms with E-state index in [1.165, 1.54) is 0 Å². The molecule has 19 heavy (non-hydrogen) atoms. The van der Waals surface area contributed by atoms with Crippen molar-refractivity contribution >= 4 is 20.2 Å². The lowest BCUT2D eigenvalue weighted by molar-refractivity contribution is 0.102. The highest BCUT2D eigenvalue weighted by Crippen LogP contribution is 2.52. The van der Waals surface area contributed by atoms with E-state index in [-0.39, 0.29) is 25.0 Å². The van der Waals surface area contributed by atoms with Crippen LogP contribution in [0.25, 0.3) is 0 Å². The highest BCUT2D eigenvalue weighted by molar-refractivity contribution is 7.86. The zero-order valence-electron chi connectivity index (χ0n) is 11.1. The maximum absolute atomic E-state index is 11.1.